The predicted octanol–water partition coefficient (Wildman–Crippen LogP) is 6.47. The fourth-order valence-electron chi connectivity index (χ4n) is 10.9. The van der Waals surface area contributed by atoms with Gasteiger partial charge in [0, 0.05) is 53.2 Å². The molecule has 1 aromatic heterocycles. The second-order valence-electron chi connectivity index (χ2n) is 19.3. The van der Waals surface area contributed by atoms with Gasteiger partial charge >= 0.3 is 18.0 Å². The van der Waals surface area contributed by atoms with Crippen LogP contribution in [0.25, 0.3) is 10.8 Å². The summed E-state index contributed by atoms with van der Waals surface area (Å²) in [6, 6.07) is 14.5. The highest BCUT2D eigenvalue weighted by atomic mass is 16.6. The smallest absolute Gasteiger partial charge is 0.407 e. The fraction of sp³-hybridized carbons (Fsp3) is 0.500. The molecule has 0 aliphatic heterocycles. The molecule has 2 amide bonds. The van der Waals surface area contributed by atoms with E-state index in [1.807, 2.05) is 31.2 Å². The number of aromatic nitrogens is 1. The van der Waals surface area contributed by atoms with E-state index in [0.29, 0.717) is 30.5 Å². The van der Waals surface area contributed by atoms with Gasteiger partial charge in [0.05, 0.1) is 31.5 Å². The minimum Gasteiger partial charge on any atom is -0.465 e. The Bertz CT molecular complexity index is 2370. The number of hydrogen-bond donors (Lipinski definition) is 4. The summed E-state index contributed by atoms with van der Waals surface area (Å²) in [6.07, 6.45) is 9.32. The number of nitrogens with zero attached hydrogens (tertiary/aromatic N) is 1. The third kappa shape index (κ3) is 9.68. The Labute approximate surface area is 373 Å². The Morgan fingerprint density at radius 3 is 2.42 bits per heavy atom. The van der Waals surface area contributed by atoms with Crippen LogP contribution >= 0.6 is 0 Å². The van der Waals surface area contributed by atoms with Crippen molar-refractivity contribution >= 4 is 52.0 Å². The van der Waals surface area contributed by atoms with Crippen molar-refractivity contribution in [3.8, 4) is 0 Å². The monoisotopic (exact) mass is 877 g/mol. The topological polar surface area (TPSA) is 208 Å². The number of ketones is 2. The first-order chi connectivity index (χ1) is 30.3. The molecular formula is C50H59N3O11. The maximum Gasteiger partial charge on any atom is 0.407 e. The van der Waals surface area contributed by atoms with Crippen LogP contribution in [-0.4, -0.2) is 87.8 Å². The zero-order chi connectivity index (χ0) is 46.0. The van der Waals surface area contributed by atoms with Gasteiger partial charge in [0.15, 0.2) is 12.4 Å². The van der Waals surface area contributed by atoms with E-state index < -0.39 is 64.5 Å². The zero-order valence-corrected chi connectivity index (χ0v) is 37.2. The first kappa shape index (κ1) is 46.3. The number of fused-ring (bicyclic) bond motifs is 6. The van der Waals surface area contributed by atoms with Crippen LogP contribution in [0.5, 0.6) is 0 Å². The van der Waals surface area contributed by atoms with Crippen LogP contribution in [0.3, 0.4) is 0 Å². The van der Waals surface area contributed by atoms with Crippen molar-refractivity contribution in [1.82, 2.24) is 10.3 Å². The molecule has 4 aliphatic rings. The van der Waals surface area contributed by atoms with Crippen LogP contribution in [0.4, 0.5) is 10.5 Å². The molecule has 3 saturated carbocycles. The van der Waals surface area contributed by atoms with Crippen molar-refractivity contribution in [2.24, 2.45) is 28.6 Å². The molecule has 3 aromatic rings. The lowest BCUT2D eigenvalue weighted by Crippen LogP contribution is -2.61. The fourth-order valence-corrected chi connectivity index (χ4v) is 10.9. The maximum atomic E-state index is 13.7. The van der Waals surface area contributed by atoms with Gasteiger partial charge in [-0.1, -0.05) is 55.8 Å². The summed E-state index contributed by atoms with van der Waals surface area (Å²) < 4.78 is 16.0. The van der Waals surface area contributed by atoms with Gasteiger partial charge in [-0.3, -0.25) is 29.0 Å². The summed E-state index contributed by atoms with van der Waals surface area (Å²) >= 11 is 0. The first-order valence-electron chi connectivity index (χ1n) is 22.2. The molecule has 1 unspecified atom stereocenters. The number of ether oxygens (including phenoxy) is 3. The molecule has 8 atom stereocenters. The van der Waals surface area contributed by atoms with Crippen molar-refractivity contribution in [3.05, 3.63) is 95.9 Å². The van der Waals surface area contributed by atoms with Crippen LogP contribution in [0.15, 0.2) is 84.7 Å². The number of rotatable bonds is 14. The zero-order valence-electron chi connectivity index (χ0n) is 37.2. The van der Waals surface area contributed by atoms with Crippen molar-refractivity contribution in [2.75, 3.05) is 25.1 Å². The number of carbonyl (C=O) groups is 6. The number of allylic oxidation sites excluding steroid dienone is 4. The van der Waals surface area contributed by atoms with Gasteiger partial charge in [-0.2, -0.15) is 0 Å². The van der Waals surface area contributed by atoms with E-state index in [2.05, 4.69) is 22.5 Å². The predicted molar refractivity (Wildman–Crippen MR) is 237 cm³/mol. The van der Waals surface area contributed by atoms with Gasteiger partial charge in [0.1, 0.15) is 11.2 Å². The average molecular weight is 878 g/mol. The number of esters is 2. The van der Waals surface area contributed by atoms with Gasteiger partial charge in [0.2, 0.25) is 11.7 Å². The van der Waals surface area contributed by atoms with Crippen LogP contribution in [-0.2, 0) is 44.6 Å². The number of Topliss-reactive ketones (excluding diaryl/α,β-unsaturated/α-hetero) is 1. The number of hydrogen-bond acceptors (Lipinski definition) is 12. The molecule has 0 radical (unpaired) electrons. The lowest BCUT2D eigenvalue weighted by Gasteiger charge is -2.59. The van der Waals surface area contributed by atoms with Crippen LogP contribution in [0.2, 0.25) is 0 Å². The van der Waals surface area contributed by atoms with Crippen molar-refractivity contribution < 1.29 is 53.2 Å². The molecule has 1 heterocycles. The number of pyridine rings is 1. The molecule has 340 valence electrons. The third-order valence-electron chi connectivity index (χ3n) is 14.1. The van der Waals surface area contributed by atoms with E-state index in [9.17, 15) is 39.0 Å². The molecule has 4 aliphatic carbocycles. The molecule has 2 aromatic carbocycles. The molecular weight excluding hydrogens is 819 g/mol. The minimum atomic E-state index is -1.79. The van der Waals surface area contributed by atoms with Crippen molar-refractivity contribution in [3.63, 3.8) is 0 Å². The summed E-state index contributed by atoms with van der Waals surface area (Å²) in [5, 5.41) is 31.1. The van der Waals surface area contributed by atoms with Gasteiger partial charge < -0.3 is 35.1 Å². The molecule has 64 heavy (non-hydrogen) atoms. The van der Waals surface area contributed by atoms with Crippen LogP contribution < -0.4 is 10.6 Å². The number of aliphatic hydroxyl groups excluding tert-OH is 1. The highest BCUT2D eigenvalue weighted by Crippen LogP contribution is 2.67. The van der Waals surface area contributed by atoms with Gasteiger partial charge in [-0.15, -0.1) is 0 Å². The Balaban J connectivity index is 0.872. The van der Waals surface area contributed by atoms with E-state index in [-0.39, 0.29) is 68.3 Å². The summed E-state index contributed by atoms with van der Waals surface area (Å²) in [5.74, 6) is -3.33. The maximum absolute atomic E-state index is 13.7. The summed E-state index contributed by atoms with van der Waals surface area (Å²) in [7, 11) is 0. The molecule has 0 spiro atoms. The standard InChI is InChI=1S/C50H59N3O11/c1-47(2,3)64-46(60)52-28-38(45(59)53-35-12-10-33-27-51-22-18-32(33)24-35)31-8-6-30(7-9-31)19-23-62-42(57)14-15-43(58)63-29-41(56)50(61)21-17-39-37-13-11-34-25-36(54)16-20-48(34,4)44(37)40(55)26-49(39,50)5/h6-10,12,16,18,20,22,24-25,27,37-40,44,55,61H,11,13-15,17,19,21,23,26,28-29H2,1-5H3,(H,52,60)(H,53,59)/t37-,38?,39-,40-,44+,48-,49-,50-/m0/s1. The number of nitrogens with one attached hydrogen (secondary N) is 2. The second kappa shape index (κ2) is 18.4. The lowest BCUT2D eigenvalue weighted by molar-refractivity contribution is -0.181. The Morgan fingerprint density at radius 1 is 0.953 bits per heavy atom. The van der Waals surface area contributed by atoms with Gasteiger partial charge in [-0.05, 0) is 112 Å². The number of carbonyl (C=O) groups excluding carboxylic acids is 6. The Morgan fingerprint density at radius 2 is 1.69 bits per heavy atom. The Kier molecular flexibility index (Phi) is 13.3. The molecule has 0 bridgehead atoms. The number of benzene rings is 2. The number of anilines is 1. The molecule has 14 heteroatoms. The quantitative estimate of drug-likeness (QED) is 0.102. The molecule has 7 rings (SSSR count). The van der Waals surface area contributed by atoms with E-state index in [1.165, 1.54) is 0 Å². The summed E-state index contributed by atoms with van der Waals surface area (Å²) in [6.45, 7) is 8.52. The van der Waals surface area contributed by atoms with Crippen molar-refractivity contribution in [1.29, 1.82) is 0 Å². The number of amides is 2. The molecule has 3 fully saturated rings. The largest absolute Gasteiger partial charge is 0.465 e. The highest BCUT2D eigenvalue weighted by Gasteiger charge is 2.68. The minimum absolute atomic E-state index is 0.0267. The van der Waals surface area contributed by atoms with Crippen molar-refractivity contribution in [2.45, 2.75) is 109 Å². The summed E-state index contributed by atoms with van der Waals surface area (Å²) in [4.78, 5) is 81.4. The second-order valence-corrected chi connectivity index (χ2v) is 19.3. The van der Waals surface area contributed by atoms with Gasteiger partial charge in [-0.25, -0.2) is 4.79 Å². The van der Waals surface area contributed by atoms with E-state index >= 15 is 0 Å². The average Bonchev–Trinajstić information content (AvgIpc) is 3.52. The SMILES string of the molecule is CC(C)(C)OC(=O)NCC(C(=O)Nc1ccc2cnccc2c1)c1ccc(CCOC(=O)CCC(=O)OCC(=O)[C@@]2(O)CC[C@H]3[C@@H]4CCC5=CC(=O)C=C[C@]5(C)[C@H]4[C@@H](O)C[C@@]32C)cc1. The summed E-state index contributed by atoms with van der Waals surface area (Å²) in [5.41, 5.74) is -0.851. The number of alkyl carbamates (subject to hydrolysis) is 1. The lowest BCUT2D eigenvalue weighted by atomic mass is 9.46. The molecule has 0 saturated heterocycles. The van der Waals surface area contributed by atoms with Crippen LogP contribution in [0, 0.1) is 28.6 Å². The van der Waals surface area contributed by atoms with E-state index in [0.717, 1.165) is 28.3 Å². The van der Waals surface area contributed by atoms with E-state index in [1.54, 1.807) is 75.6 Å². The first-order valence-corrected chi connectivity index (χ1v) is 22.2. The van der Waals surface area contributed by atoms with Crippen LogP contribution in [0.1, 0.15) is 96.6 Å². The molecule has 4 N–H and O–H groups in total. The van der Waals surface area contributed by atoms with E-state index in [4.69, 9.17) is 14.2 Å². The highest BCUT2D eigenvalue weighted by molar-refractivity contribution is 6.01. The third-order valence-corrected chi connectivity index (χ3v) is 14.1. The van der Waals surface area contributed by atoms with Gasteiger partial charge in [0.25, 0.3) is 0 Å². The Hall–Kier alpha value is -5.73. The number of aliphatic hydroxyl groups is 2. The molecule has 14 nitrogen and oxygen atoms in total. The normalized spacial score (nSPS) is 27.5.